The predicted molar refractivity (Wildman–Crippen MR) is 64.0 cm³/mol. The van der Waals surface area contributed by atoms with Crippen LogP contribution in [0.5, 0.6) is 0 Å². The van der Waals surface area contributed by atoms with E-state index in [0.717, 1.165) is 0 Å². The molecule has 0 aliphatic heterocycles. The van der Waals surface area contributed by atoms with Gasteiger partial charge in [0.15, 0.2) is 0 Å². The van der Waals surface area contributed by atoms with Crippen LogP contribution in [-0.4, -0.2) is 29.2 Å². The van der Waals surface area contributed by atoms with E-state index < -0.39 is 5.60 Å². The van der Waals surface area contributed by atoms with E-state index in [9.17, 15) is 9.50 Å². The Morgan fingerprint density at radius 3 is 2.62 bits per heavy atom. The van der Waals surface area contributed by atoms with Crippen molar-refractivity contribution >= 4 is 11.6 Å². The number of benzene rings is 1. The molecule has 4 heteroatoms. The fraction of sp³-hybridized carbons (Fsp3) is 0.500. The normalized spacial score (nSPS) is 12.2. The van der Waals surface area contributed by atoms with E-state index in [2.05, 4.69) is 0 Å². The first-order chi connectivity index (χ1) is 7.29. The Kier molecular flexibility index (Phi) is 4.30. The van der Waals surface area contributed by atoms with Crippen LogP contribution in [0.4, 0.5) is 4.39 Å². The van der Waals surface area contributed by atoms with E-state index in [1.165, 1.54) is 6.07 Å². The van der Waals surface area contributed by atoms with Crippen LogP contribution >= 0.6 is 11.6 Å². The Balaban J connectivity index is 2.70. The van der Waals surface area contributed by atoms with Crippen molar-refractivity contribution in [2.75, 3.05) is 13.6 Å². The molecule has 0 saturated heterocycles. The van der Waals surface area contributed by atoms with Gasteiger partial charge in [-0.15, -0.1) is 0 Å². The third kappa shape index (κ3) is 4.08. The number of hydrogen-bond acceptors (Lipinski definition) is 2. The number of halogens is 2. The number of aliphatic hydroxyl groups is 1. The summed E-state index contributed by atoms with van der Waals surface area (Å²) in [5.74, 6) is -0.383. The van der Waals surface area contributed by atoms with Gasteiger partial charge in [0.2, 0.25) is 0 Å². The monoisotopic (exact) mass is 245 g/mol. The minimum Gasteiger partial charge on any atom is -0.389 e. The van der Waals surface area contributed by atoms with Crippen molar-refractivity contribution in [3.8, 4) is 0 Å². The van der Waals surface area contributed by atoms with Crippen LogP contribution in [0.15, 0.2) is 18.2 Å². The van der Waals surface area contributed by atoms with Gasteiger partial charge in [-0.1, -0.05) is 23.7 Å². The zero-order valence-electron chi connectivity index (χ0n) is 9.80. The van der Waals surface area contributed by atoms with E-state index in [-0.39, 0.29) is 10.8 Å². The molecule has 1 aromatic carbocycles. The Hall–Kier alpha value is -0.640. The molecule has 90 valence electrons. The van der Waals surface area contributed by atoms with E-state index in [1.54, 1.807) is 26.0 Å². The molecule has 1 rings (SSSR count). The molecule has 0 heterocycles. The van der Waals surface area contributed by atoms with Crippen molar-refractivity contribution in [3.05, 3.63) is 34.6 Å². The van der Waals surface area contributed by atoms with Gasteiger partial charge in [-0.2, -0.15) is 0 Å². The molecule has 0 bridgehead atoms. The minimum absolute atomic E-state index is 0.133. The number of hydrogen-bond donors (Lipinski definition) is 1. The highest BCUT2D eigenvalue weighted by atomic mass is 35.5. The van der Waals surface area contributed by atoms with Crippen molar-refractivity contribution in [2.45, 2.75) is 26.0 Å². The van der Waals surface area contributed by atoms with Crippen LogP contribution in [0.2, 0.25) is 5.02 Å². The van der Waals surface area contributed by atoms with Gasteiger partial charge in [0, 0.05) is 18.7 Å². The quantitative estimate of drug-likeness (QED) is 0.882. The van der Waals surface area contributed by atoms with Crippen LogP contribution in [0, 0.1) is 5.82 Å². The standard InChI is InChI=1S/C12H17ClFNO/c1-12(2,16)8-15(3)7-9-5-4-6-10(13)11(9)14/h4-6,16H,7-8H2,1-3H3. The smallest absolute Gasteiger partial charge is 0.146 e. The maximum absolute atomic E-state index is 13.6. The Labute approximate surface area is 101 Å². The maximum Gasteiger partial charge on any atom is 0.146 e. The molecule has 0 fully saturated rings. The highest BCUT2D eigenvalue weighted by Gasteiger charge is 2.17. The third-order valence-electron chi connectivity index (χ3n) is 2.13. The second kappa shape index (κ2) is 5.13. The zero-order chi connectivity index (χ0) is 12.3. The summed E-state index contributed by atoms with van der Waals surface area (Å²) in [5, 5.41) is 9.76. The largest absolute Gasteiger partial charge is 0.389 e. The molecule has 1 N–H and O–H groups in total. The van der Waals surface area contributed by atoms with Crippen LogP contribution < -0.4 is 0 Å². The maximum atomic E-state index is 13.6. The minimum atomic E-state index is -0.788. The van der Waals surface area contributed by atoms with E-state index >= 15 is 0 Å². The van der Waals surface area contributed by atoms with Gasteiger partial charge in [0.25, 0.3) is 0 Å². The fourth-order valence-corrected chi connectivity index (χ4v) is 1.87. The lowest BCUT2D eigenvalue weighted by molar-refractivity contribution is 0.0422. The molecule has 0 spiro atoms. The average molecular weight is 246 g/mol. The van der Waals surface area contributed by atoms with Gasteiger partial charge in [-0.3, -0.25) is 4.90 Å². The van der Waals surface area contributed by atoms with Crippen LogP contribution in [-0.2, 0) is 6.54 Å². The van der Waals surface area contributed by atoms with Crippen LogP contribution in [0.1, 0.15) is 19.4 Å². The lowest BCUT2D eigenvalue weighted by Crippen LogP contribution is -2.36. The van der Waals surface area contributed by atoms with Gasteiger partial charge >= 0.3 is 0 Å². The van der Waals surface area contributed by atoms with Gasteiger partial charge in [-0.05, 0) is 27.0 Å². The van der Waals surface area contributed by atoms with Gasteiger partial charge in [0.05, 0.1) is 10.6 Å². The molecule has 16 heavy (non-hydrogen) atoms. The lowest BCUT2D eigenvalue weighted by Gasteiger charge is -2.25. The highest BCUT2D eigenvalue weighted by Crippen LogP contribution is 2.19. The van der Waals surface area contributed by atoms with Crippen molar-refractivity contribution in [1.82, 2.24) is 4.90 Å². The summed E-state index contributed by atoms with van der Waals surface area (Å²) in [7, 11) is 1.83. The van der Waals surface area contributed by atoms with E-state index in [0.29, 0.717) is 18.7 Å². The summed E-state index contributed by atoms with van der Waals surface area (Å²) < 4.78 is 13.6. The topological polar surface area (TPSA) is 23.5 Å². The molecule has 2 nitrogen and oxygen atoms in total. The number of rotatable bonds is 4. The molecule has 0 aliphatic rings. The first kappa shape index (κ1) is 13.4. The first-order valence-corrected chi connectivity index (χ1v) is 5.51. The molecule has 0 amide bonds. The van der Waals surface area contributed by atoms with E-state index in [4.69, 9.17) is 11.6 Å². The van der Waals surface area contributed by atoms with Crippen LogP contribution in [0.25, 0.3) is 0 Å². The Morgan fingerprint density at radius 2 is 2.06 bits per heavy atom. The molecule has 0 unspecified atom stereocenters. The summed E-state index contributed by atoms with van der Waals surface area (Å²) in [5.41, 5.74) is -0.247. The summed E-state index contributed by atoms with van der Waals surface area (Å²) >= 11 is 5.69. The number of nitrogens with zero attached hydrogens (tertiary/aromatic N) is 1. The SMILES string of the molecule is CN(Cc1cccc(Cl)c1F)CC(C)(C)O. The predicted octanol–water partition coefficient (Wildman–Crippen LogP) is 2.68. The summed E-state index contributed by atoms with van der Waals surface area (Å²) in [4.78, 5) is 1.86. The lowest BCUT2D eigenvalue weighted by atomic mass is 10.1. The van der Waals surface area contributed by atoms with Crippen LogP contribution in [0.3, 0.4) is 0 Å². The van der Waals surface area contributed by atoms with Gasteiger partial charge in [-0.25, -0.2) is 4.39 Å². The van der Waals surface area contributed by atoms with Gasteiger partial charge < -0.3 is 5.11 Å². The fourth-order valence-electron chi connectivity index (χ4n) is 1.68. The Bertz CT molecular complexity index is 363. The molecule has 0 aromatic heterocycles. The molecule has 0 saturated carbocycles. The molecule has 0 atom stereocenters. The first-order valence-electron chi connectivity index (χ1n) is 5.13. The third-order valence-corrected chi connectivity index (χ3v) is 2.42. The van der Waals surface area contributed by atoms with Crippen molar-refractivity contribution < 1.29 is 9.50 Å². The second-order valence-electron chi connectivity index (χ2n) is 4.70. The van der Waals surface area contributed by atoms with Crippen molar-refractivity contribution in [1.29, 1.82) is 0 Å². The van der Waals surface area contributed by atoms with Gasteiger partial charge in [0.1, 0.15) is 5.82 Å². The molecule has 0 radical (unpaired) electrons. The summed E-state index contributed by atoms with van der Waals surface area (Å²) in [6, 6.07) is 4.94. The molecule has 1 aromatic rings. The molecular formula is C12H17ClFNO. The summed E-state index contributed by atoms with van der Waals surface area (Å²) in [6.07, 6.45) is 0. The summed E-state index contributed by atoms with van der Waals surface area (Å²) in [6.45, 7) is 4.34. The van der Waals surface area contributed by atoms with E-state index in [1.807, 2.05) is 11.9 Å². The average Bonchev–Trinajstić information content (AvgIpc) is 2.09. The Morgan fingerprint density at radius 1 is 1.44 bits per heavy atom. The van der Waals surface area contributed by atoms with Crippen molar-refractivity contribution in [2.24, 2.45) is 0 Å². The molecule has 0 aliphatic carbocycles. The number of likely N-dealkylation sites (N-methyl/N-ethyl adjacent to an activating group) is 1. The highest BCUT2D eigenvalue weighted by molar-refractivity contribution is 6.30. The second-order valence-corrected chi connectivity index (χ2v) is 5.10. The molecular weight excluding hydrogens is 229 g/mol. The van der Waals surface area contributed by atoms with Crippen molar-refractivity contribution in [3.63, 3.8) is 0 Å². The zero-order valence-corrected chi connectivity index (χ0v) is 10.6.